The molecule has 3 aliphatic rings. The van der Waals surface area contributed by atoms with Crippen molar-refractivity contribution in [3.8, 4) is 0 Å². The van der Waals surface area contributed by atoms with Gasteiger partial charge in [-0.15, -0.1) is 0 Å². The van der Waals surface area contributed by atoms with Crippen LogP contribution in [0.4, 0.5) is 0 Å². The number of rotatable bonds is 26. The third kappa shape index (κ3) is 18.7. The Hall–Kier alpha value is -11.0. The molecule has 7 aromatic rings. The third-order valence-electron chi connectivity index (χ3n) is 16.2. The van der Waals surface area contributed by atoms with Crippen LogP contribution in [-0.4, -0.2) is 170 Å². The van der Waals surface area contributed by atoms with Crippen LogP contribution in [0.15, 0.2) is 212 Å². The van der Waals surface area contributed by atoms with Crippen molar-refractivity contribution in [2.45, 2.75) is 127 Å². The van der Waals surface area contributed by atoms with Gasteiger partial charge in [-0.3, -0.25) is 9.59 Å². The van der Waals surface area contributed by atoms with Crippen LogP contribution in [0.5, 0.6) is 0 Å². The molecule has 14 atom stereocenters. The second kappa shape index (κ2) is 33.5. The Balaban J connectivity index is 1.10. The molecule has 3 aliphatic heterocycles. The number of hydrogen-bond acceptors (Lipinski definition) is 25. The molecule has 1 N–H and O–H groups in total. The lowest BCUT2D eigenvalue weighted by atomic mass is 9.97. The number of esters is 10. The van der Waals surface area contributed by atoms with E-state index in [0.29, 0.717) is 0 Å². The van der Waals surface area contributed by atoms with Gasteiger partial charge in [0.1, 0.15) is 37.6 Å². The number of aliphatic hydroxyl groups is 1. The molecule has 0 spiro atoms. The van der Waals surface area contributed by atoms with Crippen molar-refractivity contribution in [3.63, 3.8) is 0 Å². The lowest BCUT2D eigenvalue weighted by Crippen LogP contribution is -2.49. The zero-order valence-electron chi connectivity index (χ0n) is 56.2. The average molecular weight is 1400 g/mol. The van der Waals surface area contributed by atoms with Crippen molar-refractivity contribution in [2.24, 2.45) is 10.8 Å². The number of benzene rings is 7. The number of carbonyl (C=O) groups excluding carboxylic acids is 10. The van der Waals surface area contributed by atoms with Gasteiger partial charge in [0.2, 0.25) is 6.10 Å². The second-order valence-corrected chi connectivity index (χ2v) is 25.8. The minimum atomic E-state index is -2.11. The van der Waals surface area contributed by atoms with Gasteiger partial charge in [0.05, 0.1) is 56.4 Å². The van der Waals surface area contributed by atoms with Gasteiger partial charge in [-0.2, -0.15) is 0 Å². The van der Waals surface area contributed by atoms with Crippen LogP contribution >= 0.6 is 0 Å². The highest BCUT2D eigenvalue weighted by Crippen LogP contribution is 2.39. The Morgan fingerprint density at radius 3 is 1.05 bits per heavy atom. The molecular formula is C77H74O25. The minimum absolute atomic E-state index is 0.0114. The molecule has 0 aromatic heterocycles. The largest absolute Gasteiger partial charge is 0.462 e. The lowest BCUT2D eigenvalue weighted by Gasteiger charge is -2.30. The van der Waals surface area contributed by atoms with Crippen molar-refractivity contribution < 1.29 is 119 Å². The van der Waals surface area contributed by atoms with E-state index >= 15 is 0 Å². The molecule has 7 aromatic carbocycles. The van der Waals surface area contributed by atoms with E-state index < -0.39 is 176 Å². The van der Waals surface area contributed by atoms with E-state index in [1.165, 1.54) is 142 Å². The van der Waals surface area contributed by atoms with Crippen LogP contribution in [0.2, 0.25) is 0 Å². The van der Waals surface area contributed by atoms with Gasteiger partial charge in [0.25, 0.3) is 0 Å². The number of aliphatic hydroxyl groups excluding tert-OH is 1. The molecule has 3 fully saturated rings. The van der Waals surface area contributed by atoms with E-state index in [1.54, 1.807) is 112 Å². The molecule has 532 valence electrons. The normalized spacial score (nSPS) is 22.4. The minimum Gasteiger partial charge on any atom is -0.462 e. The second-order valence-electron chi connectivity index (χ2n) is 25.8. The smallest absolute Gasteiger partial charge is 0.350 e. The van der Waals surface area contributed by atoms with Crippen molar-refractivity contribution >= 4 is 59.7 Å². The molecule has 10 rings (SSSR count). The summed E-state index contributed by atoms with van der Waals surface area (Å²) in [7, 11) is 0. The van der Waals surface area contributed by atoms with Crippen molar-refractivity contribution in [3.05, 3.63) is 251 Å². The average Bonchev–Trinajstić information content (AvgIpc) is 1.63. The number of cyclic esters (lactones) is 1. The van der Waals surface area contributed by atoms with Crippen LogP contribution in [0.3, 0.4) is 0 Å². The topological polar surface area (TPSA) is 320 Å². The summed E-state index contributed by atoms with van der Waals surface area (Å²) >= 11 is 0. The van der Waals surface area contributed by atoms with E-state index in [1.807, 2.05) is 0 Å². The molecular weight excluding hydrogens is 1320 g/mol. The Kier molecular flexibility index (Phi) is 24.2. The Morgan fingerprint density at radius 1 is 0.363 bits per heavy atom. The monoisotopic (exact) mass is 1400 g/mol. The van der Waals surface area contributed by atoms with E-state index in [9.17, 15) is 53.1 Å². The van der Waals surface area contributed by atoms with Crippen LogP contribution < -0.4 is 0 Å². The first-order valence-electron chi connectivity index (χ1n) is 32.5. The first-order valence-corrected chi connectivity index (χ1v) is 32.5. The standard InChI is InChI=1S/C77H74O25/c1-76(2,3)74(87)91-44-52(56-55(78)59(71(86)95-56)102-75(88)77(4,5)6)94-73-63(99-70(85)51-40-26-13-27-41-51)61(97-68(83)49-36-22-11-23-37-49)58(101-73)54(93-66(81)47-32-18-9-19-33-47)43-90-72-62(98-69(84)50-38-24-12-25-39-50)60(96-67(82)48-34-20-10-21-35-48)57(100-72)53(92-65(80)46-30-16-8-17-31-46)42-89-64(79)45-28-14-7-15-29-45/h7-41,52-63,72-73,78H,42-44H2,1-6H3/t52-,53-,54-,55+,56+,57+,58+,59-,60+,61+,62-,63-,72-,73-/m1/s1. The lowest BCUT2D eigenvalue weighted by molar-refractivity contribution is -0.239. The molecule has 25 nitrogen and oxygen atoms in total. The Bertz CT molecular complexity index is 4040. The summed E-state index contributed by atoms with van der Waals surface area (Å²) < 4.78 is 87.2. The first kappa shape index (κ1) is 73.7. The van der Waals surface area contributed by atoms with Crippen LogP contribution in [0.1, 0.15) is 114 Å². The van der Waals surface area contributed by atoms with Gasteiger partial charge in [-0.05, 0) is 126 Å². The summed E-state index contributed by atoms with van der Waals surface area (Å²) in [5.41, 5.74) is -2.47. The van der Waals surface area contributed by atoms with Crippen molar-refractivity contribution in [1.29, 1.82) is 0 Å². The zero-order valence-corrected chi connectivity index (χ0v) is 56.2. The summed E-state index contributed by atoms with van der Waals surface area (Å²) in [6.07, 6.45) is -27.1. The molecule has 25 heteroatoms. The number of hydrogen-bond donors (Lipinski definition) is 1. The van der Waals surface area contributed by atoms with E-state index in [-0.39, 0.29) is 38.9 Å². The summed E-state index contributed by atoms with van der Waals surface area (Å²) in [5, 5.41) is 12.0. The summed E-state index contributed by atoms with van der Waals surface area (Å²) in [6.45, 7) is 6.49. The molecule has 3 heterocycles. The van der Waals surface area contributed by atoms with Gasteiger partial charge < -0.3 is 71.4 Å². The molecule has 0 unspecified atom stereocenters. The van der Waals surface area contributed by atoms with Gasteiger partial charge >= 0.3 is 59.7 Å². The van der Waals surface area contributed by atoms with Gasteiger partial charge in [0.15, 0.2) is 55.3 Å². The predicted molar refractivity (Wildman–Crippen MR) is 354 cm³/mol. The summed E-state index contributed by atoms with van der Waals surface area (Å²) in [4.78, 5) is 142. The highest BCUT2D eigenvalue weighted by atomic mass is 16.8. The maximum Gasteiger partial charge on any atom is 0.350 e. The fourth-order valence-corrected chi connectivity index (χ4v) is 10.7. The Morgan fingerprint density at radius 2 is 0.676 bits per heavy atom. The van der Waals surface area contributed by atoms with Crippen LogP contribution in [-0.2, 0) is 80.7 Å². The molecule has 3 saturated heterocycles. The van der Waals surface area contributed by atoms with E-state index in [4.69, 9.17) is 66.3 Å². The van der Waals surface area contributed by atoms with Gasteiger partial charge in [-0.25, -0.2) is 38.4 Å². The first-order chi connectivity index (χ1) is 48.9. The molecule has 102 heavy (non-hydrogen) atoms. The molecule has 0 saturated carbocycles. The van der Waals surface area contributed by atoms with E-state index in [0.717, 1.165) is 0 Å². The third-order valence-corrected chi connectivity index (χ3v) is 16.2. The van der Waals surface area contributed by atoms with Crippen LogP contribution in [0, 0.1) is 10.8 Å². The van der Waals surface area contributed by atoms with E-state index in [2.05, 4.69) is 0 Å². The van der Waals surface area contributed by atoms with Crippen molar-refractivity contribution in [1.82, 2.24) is 0 Å². The summed E-state index contributed by atoms with van der Waals surface area (Å²) in [6, 6.07) is 53.1. The van der Waals surface area contributed by atoms with Gasteiger partial charge in [-0.1, -0.05) is 127 Å². The fourth-order valence-electron chi connectivity index (χ4n) is 10.7. The highest BCUT2D eigenvalue weighted by molar-refractivity contribution is 5.93. The maximum absolute atomic E-state index is 14.8. The summed E-state index contributed by atoms with van der Waals surface area (Å²) in [5.74, 6) is -10.1. The highest BCUT2D eigenvalue weighted by Gasteiger charge is 2.60. The molecule has 0 amide bonds. The number of ether oxygens (including phenoxy) is 14. The quantitative estimate of drug-likeness (QED) is 0.0390. The van der Waals surface area contributed by atoms with Crippen molar-refractivity contribution in [2.75, 3.05) is 19.8 Å². The fraction of sp³-hybridized carbons (Fsp3) is 0.325. The van der Waals surface area contributed by atoms with Gasteiger partial charge in [0, 0.05) is 0 Å². The molecule has 0 radical (unpaired) electrons. The predicted octanol–water partition coefficient (Wildman–Crippen LogP) is 8.88. The number of carbonyl (C=O) groups is 10. The SMILES string of the molecule is CC(C)(C)C(=O)OC[C@@H](O[C@@H]1O[C@@H]([C@@H](CO[C@@H]2O[C@@H]([C@@H](COC(=O)c3ccccc3)OC(=O)c3ccccc3)[C@H](OC(=O)c3ccccc3)[C@H]2OC(=O)c2ccccc2)OC(=O)c2ccccc2)[C@H](OC(=O)c2ccccc2)[C@H]1OC(=O)c1ccccc1)[C@@H]1OC(=O)[C@H](OC(=O)C(C)(C)C)[C@H]1O. The molecule has 0 bridgehead atoms. The van der Waals surface area contributed by atoms with Crippen LogP contribution in [0.25, 0.3) is 0 Å². The Labute approximate surface area is 586 Å². The zero-order chi connectivity index (χ0) is 72.7. The molecule has 0 aliphatic carbocycles. The maximum atomic E-state index is 14.8.